The molecule has 106 heavy (non-hydrogen) atoms. The Hall–Kier alpha value is -14.9. The monoisotopic (exact) mass is 1360 g/mol. The quantitative estimate of drug-likeness (QED) is 0.113. The van der Waals surface area contributed by atoms with Crippen molar-refractivity contribution in [2.45, 2.75) is 0 Å². The lowest BCUT2D eigenvalue weighted by molar-refractivity contribution is 0.918. The molecule has 0 saturated carbocycles. The summed E-state index contributed by atoms with van der Waals surface area (Å²) in [7, 11) is 0. The van der Waals surface area contributed by atoms with Gasteiger partial charge in [0.15, 0.2) is 34.9 Å². The fourth-order valence-corrected chi connectivity index (χ4v) is 15.1. The molecule has 0 unspecified atom stereocenters. The first-order valence-corrected chi connectivity index (χ1v) is 35.0. The van der Waals surface area contributed by atoms with E-state index in [1.807, 2.05) is 127 Å². The van der Waals surface area contributed by atoms with Crippen LogP contribution in [0.2, 0.25) is 0 Å². The van der Waals surface area contributed by atoms with Gasteiger partial charge in [-0.2, -0.15) is 19.9 Å². The van der Waals surface area contributed by atoms with Crippen LogP contribution in [0.1, 0.15) is 0 Å². The van der Waals surface area contributed by atoms with Crippen molar-refractivity contribution in [1.29, 1.82) is 0 Å². The van der Waals surface area contributed by atoms with Crippen molar-refractivity contribution < 1.29 is 0 Å². The van der Waals surface area contributed by atoms with E-state index in [4.69, 9.17) is 59.8 Å². The minimum atomic E-state index is 0.173. The number of hydrogen-bond donors (Lipinski definition) is 0. The molecule has 0 aliphatic rings. The summed E-state index contributed by atoms with van der Waals surface area (Å²) >= 11 is 0. The smallest absolute Gasteiger partial charge is 0.239 e. The Morgan fingerprint density at radius 1 is 0.151 bits per heavy atom. The summed E-state index contributed by atoms with van der Waals surface area (Å²) in [6, 6.07) is 112. The van der Waals surface area contributed by atoms with Crippen LogP contribution in [0, 0.1) is 0 Å². The van der Waals surface area contributed by atoms with Gasteiger partial charge in [0.2, 0.25) is 35.2 Å². The SMILES string of the molecule is c1ccc(-c2nc(-c3ccccc3)nc(-c3nc(-c4nc(-c5ccccc5)nc(-c5ccccc5)n4)nc(-n4c5ccccc5c5c6c7ccccc7n(-c7nc(-c8ccc9c(c8)c8ccccc8n9-c8ccccc8)nc(-c8ccc9c(c8)c8ccccc8n9-c8ccccc8)n7)c6ccc54)n3)n2)cc1. The van der Waals surface area contributed by atoms with E-state index in [-0.39, 0.29) is 29.2 Å². The molecule has 0 bridgehead atoms. The van der Waals surface area contributed by atoms with Crippen LogP contribution < -0.4 is 0 Å². The number of nitrogens with zero attached hydrogens (tertiary/aromatic N) is 16. The highest BCUT2D eigenvalue weighted by Crippen LogP contribution is 2.44. The van der Waals surface area contributed by atoms with Crippen LogP contribution in [0.4, 0.5) is 0 Å². The molecule has 21 rings (SSSR count). The molecule has 0 fully saturated rings. The lowest BCUT2D eigenvalue weighted by Crippen LogP contribution is -2.10. The topological polar surface area (TPSA) is 174 Å². The van der Waals surface area contributed by atoms with Crippen molar-refractivity contribution in [3.05, 3.63) is 328 Å². The Balaban J connectivity index is 0.807. The molecular formula is C90H54N16. The second kappa shape index (κ2) is 24.4. The Morgan fingerprint density at radius 2 is 0.387 bits per heavy atom. The van der Waals surface area contributed by atoms with E-state index in [1.165, 1.54) is 0 Å². The minimum Gasteiger partial charge on any atom is -0.309 e. The zero-order valence-electron chi connectivity index (χ0n) is 56.3. The lowest BCUT2D eigenvalue weighted by Gasteiger charge is -2.13. The first kappa shape index (κ1) is 59.9. The van der Waals surface area contributed by atoms with E-state index in [2.05, 4.69) is 218 Å². The largest absolute Gasteiger partial charge is 0.309 e. The summed E-state index contributed by atoms with van der Waals surface area (Å²) in [5, 5.41) is 8.26. The van der Waals surface area contributed by atoms with Crippen LogP contribution in [0.3, 0.4) is 0 Å². The maximum absolute atomic E-state index is 5.62. The highest BCUT2D eigenvalue weighted by atomic mass is 15.2. The average molecular weight is 1360 g/mol. The molecule has 494 valence electrons. The number of fused-ring (bicyclic) bond motifs is 13. The molecule has 0 spiro atoms. The highest BCUT2D eigenvalue weighted by Gasteiger charge is 2.28. The molecule has 0 amide bonds. The van der Waals surface area contributed by atoms with Gasteiger partial charge < -0.3 is 9.13 Å². The summed E-state index contributed by atoms with van der Waals surface area (Å²) in [5.74, 6) is 4.33. The van der Waals surface area contributed by atoms with E-state index in [0.29, 0.717) is 40.9 Å². The van der Waals surface area contributed by atoms with Crippen LogP contribution in [-0.4, -0.2) is 78.1 Å². The van der Waals surface area contributed by atoms with E-state index in [9.17, 15) is 0 Å². The molecule has 8 aromatic heterocycles. The number of aromatic nitrogens is 16. The Morgan fingerprint density at radius 3 is 0.736 bits per heavy atom. The van der Waals surface area contributed by atoms with Gasteiger partial charge in [-0.25, -0.2) is 39.9 Å². The predicted molar refractivity (Wildman–Crippen MR) is 421 cm³/mol. The molecule has 0 atom stereocenters. The van der Waals surface area contributed by atoms with Gasteiger partial charge in [0.05, 0.1) is 44.1 Å². The summed E-state index contributed by atoms with van der Waals surface area (Å²) in [5.41, 5.74) is 14.8. The van der Waals surface area contributed by atoms with E-state index >= 15 is 0 Å². The van der Waals surface area contributed by atoms with Crippen LogP contribution in [0.15, 0.2) is 328 Å². The van der Waals surface area contributed by atoms with Crippen molar-refractivity contribution in [2.75, 3.05) is 0 Å². The third-order valence-corrected chi connectivity index (χ3v) is 19.8. The molecule has 0 aliphatic carbocycles. The fourth-order valence-electron chi connectivity index (χ4n) is 15.1. The normalized spacial score (nSPS) is 11.8. The van der Waals surface area contributed by atoms with Crippen LogP contribution in [-0.2, 0) is 0 Å². The molecule has 0 aliphatic heterocycles. The van der Waals surface area contributed by atoms with Gasteiger partial charge >= 0.3 is 0 Å². The minimum absolute atomic E-state index is 0.173. The van der Waals surface area contributed by atoms with Gasteiger partial charge in [-0.15, -0.1) is 0 Å². The van der Waals surface area contributed by atoms with Crippen molar-refractivity contribution >= 4 is 87.2 Å². The van der Waals surface area contributed by atoms with E-state index < -0.39 is 0 Å². The van der Waals surface area contributed by atoms with Crippen molar-refractivity contribution in [1.82, 2.24) is 78.1 Å². The maximum atomic E-state index is 5.62. The Bertz CT molecular complexity index is 6630. The zero-order chi connectivity index (χ0) is 69.8. The first-order chi connectivity index (χ1) is 52.5. The van der Waals surface area contributed by atoms with E-state index in [0.717, 1.165) is 132 Å². The van der Waals surface area contributed by atoms with Gasteiger partial charge in [-0.1, -0.05) is 231 Å². The lowest BCUT2D eigenvalue weighted by atomic mass is 10.1. The molecule has 0 N–H and O–H groups in total. The van der Waals surface area contributed by atoms with Gasteiger partial charge in [-0.3, -0.25) is 9.13 Å². The molecule has 8 heterocycles. The molecule has 16 nitrogen and oxygen atoms in total. The molecule has 0 radical (unpaired) electrons. The first-order valence-electron chi connectivity index (χ1n) is 35.0. The van der Waals surface area contributed by atoms with Crippen LogP contribution in [0.5, 0.6) is 0 Å². The van der Waals surface area contributed by atoms with Gasteiger partial charge in [0.25, 0.3) is 0 Å². The third kappa shape index (κ3) is 9.91. The molecule has 0 saturated heterocycles. The van der Waals surface area contributed by atoms with Crippen LogP contribution >= 0.6 is 0 Å². The molecular weight excluding hydrogens is 1310 g/mol. The summed E-state index contributed by atoms with van der Waals surface area (Å²) in [4.78, 5) is 63.8. The number of rotatable bonds is 12. The van der Waals surface area contributed by atoms with Crippen molar-refractivity contribution in [2.24, 2.45) is 0 Å². The Labute approximate surface area is 604 Å². The van der Waals surface area contributed by atoms with Gasteiger partial charge in [-0.05, 0) is 97.1 Å². The van der Waals surface area contributed by atoms with Crippen molar-refractivity contribution in [3.8, 4) is 115 Å². The van der Waals surface area contributed by atoms with Gasteiger partial charge in [0, 0.05) is 87.8 Å². The van der Waals surface area contributed by atoms with Crippen molar-refractivity contribution in [3.63, 3.8) is 0 Å². The number of para-hydroxylation sites is 6. The van der Waals surface area contributed by atoms with Crippen LogP contribution in [0.25, 0.3) is 202 Å². The molecule has 13 aromatic carbocycles. The summed E-state index contributed by atoms with van der Waals surface area (Å²) < 4.78 is 8.93. The van der Waals surface area contributed by atoms with E-state index in [1.54, 1.807) is 0 Å². The predicted octanol–water partition coefficient (Wildman–Crippen LogP) is 20.2. The second-order valence-corrected chi connectivity index (χ2v) is 26.0. The number of benzene rings is 13. The second-order valence-electron chi connectivity index (χ2n) is 26.0. The van der Waals surface area contributed by atoms with Gasteiger partial charge in [0.1, 0.15) is 0 Å². The molecule has 16 heteroatoms. The fraction of sp³-hybridized carbons (Fsp3) is 0. The summed E-state index contributed by atoms with van der Waals surface area (Å²) in [6.45, 7) is 0. The number of hydrogen-bond acceptors (Lipinski definition) is 12. The average Bonchev–Trinajstić information content (AvgIpc) is 1.54. The molecule has 21 aromatic rings. The third-order valence-electron chi connectivity index (χ3n) is 19.8. The highest BCUT2D eigenvalue weighted by molar-refractivity contribution is 6.29. The maximum Gasteiger partial charge on any atom is 0.239 e. The standard InChI is InChI=1S/C90H54N16/c1-7-27-55(28-8-1)79-91-80(56-29-9-2-10-30-56)95-85(94-79)87-98-88(86-96-81(57-31-11-3-12-32-57)92-82(97-86)58-33-13-4-14-34-58)102-90(101-87)106-72-46-26-22-42-66(72)78-76(106)52-51-75-77(78)65-41-21-25-45-71(65)105(75)89-99-83(59-47-49-73-67(53-59)63-39-19-23-43-69(63)103(73)61-35-15-5-16-36-61)93-84(100-89)60-48-50-74-68(54-60)64-40-20-24-44-70(64)104(74)62-37-17-6-18-38-62/h1-54H. The zero-order valence-corrected chi connectivity index (χ0v) is 56.3. The summed E-state index contributed by atoms with van der Waals surface area (Å²) in [6.07, 6.45) is 0. The Kier molecular flexibility index (Phi) is 13.8.